The average molecular weight is 275 g/mol. The number of hydrogen-bond donors (Lipinski definition) is 1. The van der Waals surface area contributed by atoms with E-state index in [9.17, 15) is 18.0 Å². The van der Waals surface area contributed by atoms with E-state index >= 15 is 0 Å². The maximum Gasteiger partial charge on any atom is 0.416 e. The first-order chi connectivity index (χ1) is 8.75. The van der Waals surface area contributed by atoms with Gasteiger partial charge in [-0.1, -0.05) is 19.9 Å². The summed E-state index contributed by atoms with van der Waals surface area (Å²) in [7, 11) is 1.24. The number of methoxy groups -OCH3 is 1. The van der Waals surface area contributed by atoms with Crippen molar-refractivity contribution in [2.75, 3.05) is 12.4 Å². The van der Waals surface area contributed by atoms with Crippen LogP contribution in [-0.2, 0) is 15.7 Å². The summed E-state index contributed by atoms with van der Waals surface area (Å²) < 4.78 is 42.3. The zero-order valence-corrected chi connectivity index (χ0v) is 10.9. The lowest BCUT2D eigenvalue weighted by Crippen LogP contribution is -2.35. The Balaban J connectivity index is 2.95. The zero-order chi connectivity index (χ0) is 14.6. The van der Waals surface area contributed by atoms with Gasteiger partial charge in [0, 0.05) is 5.69 Å². The summed E-state index contributed by atoms with van der Waals surface area (Å²) >= 11 is 0. The Bertz CT molecular complexity index is 444. The Morgan fingerprint density at radius 3 is 2.42 bits per heavy atom. The molecule has 0 heterocycles. The molecule has 1 unspecified atom stereocenters. The van der Waals surface area contributed by atoms with E-state index in [1.165, 1.54) is 19.2 Å². The molecule has 1 rings (SSSR count). The molecule has 0 aromatic heterocycles. The fourth-order valence-corrected chi connectivity index (χ4v) is 1.59. The Hall–Kier alpha value is -1.72. The van der Waals surface area contributed by atoms with Crippen molar-refractivity contribution in [3.05, 3.63) is 29.8 Å². The Labute approximate surface area is 109 Å². The van der Waals surface area contributed by atoms with E-state index in [1.54, 1.807) is 13.8 Å². The van der Waals surface area contributed by atoms with Crippen LogP contribution < -0.4 is 5.32 Å². The van der Waals surface area contributed by atoms with Crippen LogP contribution in [0.2, 0.25) is 0 Å². The molecular weight excluding hydrogens is 259 g/mol. The maximum atomic E-state index is 12.6. The average Bonchev–Trinajstić information content (AvgIpc) is 2.34. The highest BCUT2D eigenvalue weighted by molar-refractivity contribution is 5.79. The molecule has 106 valence electrons. The van der Waals surface area contributed by atoms with Crippen molar-refractivity contribution in [2.24, 2.45) is 5.92 Å². The molecule has 3 nitrogen and oxygen atoms in total. The number of carbonyl (C=O) groups excluding carboxylic acids is 1. The van der Waals surface area contributed by atoms with Crippen LogP contribution in [0.15, 0.2) is 24.3 Å². The van der Waals surface area contributed by atoms with Gasteiger partial charge >= 0.3 is 12.1 Å². The number of benzene rings is 1. The van der Waals surface area contributed by atoms with Crippen LogP contribution >= 0.6 is 0 Å². The molecule has 0 aliphatic carbocycles. The SMILES string of the molecule is COC(=O)C(Nc1cccc(C(F)(F)F)c1)C(C)C. The summed E-state index contributed by atoms with van der Waals surface area (Å²) in [4.78, 5) is 11.5. The summed E-state index contributed by atoms with van der Waals surface area (Å²) in [6, 6.07) is 4.04. The minimum atomic E-state index is -4.41. The van der Waals surface area contributed by atoms with Gasteiger partial charge in [0.25, 0.3) is 0 Å². The van der Waals surface area contributed by atoms with Gasteiger partial charge in [-0.3, -0.25) is 0 Å². The number of rotatable bonds is 4. The summed E-state index contributed by atoms with van der Waals surface area (Å²) in [5.41, 5.74) is -0.524. The second kappa shape index (κ2) is 5.95. The molecular formula is C13H16F3NO2. The smallest absolute Gasteiger partial charge is 0.416 e. The third-order valence-corrected chi connectivity index (χ3v) is 2.63. The quantitative estimate of drug-likeness (QED) is 0.857. The highest BCUT2D eigenvalue weighted by atomic mass is 19.4. The van der Waals surface area contributed by atoms with Crippen LogP contribution in [0.5, 0.6) is 0 Å². The van der Waals surface area contributed by atoms with Crippen LogP contribution in [0, 0.1) is 5.92 Å². The first-order valence-electron chi connectivity index (χ1n) is 5.77. The largest absolute Gasteiger partial charge is 0.467 e. The third kappa shape index (κ3) is 4.15. The molecule has 1 aromatic carbocycles. The number of nitrogens with one attached hydrogen (secondary N) is 1. The number of alkyl halides is 3. The van der Waals surface area contributed by atoms with Crippen LogP contribution in [0.1, 0.15) is 19.4 Å². The van der Waals surface area contributed by atoms with Gasteiger partial charge in [0.1, 0.15) is 6.04 Å². The van der Waals surface area contributed by atoms with E-state index in [2.05, 4.69) is 10.1 Å². The van der Waals surface area contributed by atoms with Gasteiger partial charge in [0.2, 0.25) is 0 Å². The molecule has 0 saturated heterocycles. The highest BCUT2D eigenvalue weighted by Gasteiger charge is 2.31. The summed E-state index contributed by atoms with van der Waals surface area (Å²) in [6.07, 6.45) is -4.41. The molecule has 0 radical (unpaired) electrons. The van der Waals surface area contributed by atoms with Crippen LogP contribution in [-0.4, -0.2) is 19.1 Å². The predicted molar refractivity (Wildman–Crippen MR) is 65.7 cm³/mol. The maximum absolute atomic E-state index is 12.6. The van der Waals surface area contributed by atoms with Gasteiger partial charge < -0.3 is 10.1 Å². The number of carbonyl (C=O) groups is 1. The third-order valence-electron chi connectivity index (χ3n) is 2.63. The van der Waals surface area contributed by atoms with E-state index in [0.29, 0.717) is 0 Å². The molecule has 1 N–H and O–H groups in total. The van der Waals surface area contributed by atoms with E-state index in [1.807, 2.05) is 0 Å². The van der Waals surface area contributed by atoms with Gasteiger partial charge in [0.15, 0.2) is 0 Å². The monoisotopic (exact) mass is 275 g/mol. The molecule has 0 bridgehead atoms. The molecule has 0 amide bonds. The predicted octanol–water partition coefficient (Wildman–Crippen LogP) is 3.31. The highest BCUT2D eigenvalue weighted by Crippen LogP contribution is 2.31. The lowest BCUT2D eigenvalue weighted by Gasteiger charge is -2.21. The number of ether oxygens (including phenoxy) is 1. The van der Waals surface area contributed by atoms with Crippen molar-refractivity contribution in [2.45, 2.75) is 26.1 Å². The fourth-order valence-electron chi connectivity index (χ4n) is 1.59. The van der Waals surface area contributed by atoms with E-state index in [0.717, 1.165) is 12.1 Å². The number of halogens is 3. The van der Waals surface area contributed by atoms with E-state index < -0.39 is 23.8 Å². The van der Waals surface area contributed by atoms with Crippen molar-refractivity contribution >= 4 is 11.7 Å². The van der Waals surface area contributed by atoms with Gasteiger partial charge in [0.05, 0.1) is 12.7 Å². The molecule has 0 aliphatic rings. The first kappa shape index (κ1) is 15.3. The number of esters is 1. The molecule has 0 fully saturated rings. The molecule has 0 aliphatic heterocycles. The van der Waals surface area contributed by atoms with Crippen molar-refractivity contribution in [1.82, 2.24) is 0 Å². The second-order valence-corrected chi connectivity index (χ2v) is 4.47. The second-order valence-electron chi connectivity index (χ2n) is 4.47. The number of hydrogen-bond acceptors (Lipinski definition) is 3. The topological polar surface area (TPSA) is 38.3 Å². The molecule has 1 aromatic rings. The summed E-state index contributed by atoms with van der Waals surface area (Å²) in [5, 5.41) is 2.77. The standard InChI is InChI=1S/C13H16F3NO2/c1-8(2)11(12(18)19-3)17-10-6-4-5-9(7-10)13(14,15)16/h4-8,11,17H,1-3H3. The number of anilines is 1. The van der Waals surface area contributed by atoms with Crippen molar-refractivity contribution in [3.63, 3.8) is 0 Å². The zero-order valence-electron chi connectivity index (χ0n) is 10.9. The van der Waals surface area contributed by atoms with Gasteiger partial charge in [-0.05, 0) is 24.1 Å². The minimum absolute atomic E-state index is 0.109. The Kier molecular flexibility index (Phi) is 4.80. The summed E-state index contributed by atoms with van der Waals surface area (Å²) in [5.74, 6) is -0.616. The van der Waals surface area contributed by atoms with E-state index in [4.69, 9.17) is 0 Å². The van der Waals surface area contributed by atoms with Gasteiger partial charge in [-0.15, -0.1) is 0 Å². The van der Waals surface area contributed by atoms with Crippen LogP contribution in [0.4, 0.5) is 18.9 Å². The van der Waals surface area contributed by atoms with Crippen molar-refractivity contribution < 1.29 is 22.7 Å². The minimum Gasteiger partial charge on any atom is -0.467 e. The Morgan fingerprint density at radius 2 is 1.95 bits per heavy atom. The lowest BCUT2D eigenvalue weighted by molar-refractivity contribution is -0.142. The first-order valence-corrected chi connectivity index (χ1v) is 5.77. The molecule has 1 atom stereocenters. The molecule has 6 heteroatoms. The Morgan fingerprint density at radius 1 is 1.32 bits per heavy atom. The van der Waals surface area contributed by atoms with Crippen LogP contribution in [0.3, 0.4) is 0 Å². The van der Waals surface area contributed by atoms with Gasteiger partial charge in [-0.2, -0.15) is 13.2 Å². The van der Waals surface area contributed by atoms with Crippen LogP contribution in [0.25, 0.3) is 0 Å². The van der Waals surface area contributed by atoms with Gasteiger partial charge in [-0.25, -0.2) is 4.79 Å². The van der Waals surface area contributed by atoms with Crippen molar-refractivity contribution in [1.29, 1.82) is 0 Å². The summed E-state index contributed by atoms with van der Waals surface area (Å²) in [6.45, 7) is 3.56. The molecule has 19 heavy (non-hydrogen) atoms. The van der Waals surface area contributed by atoms with Crippen molar-refractivity contribution in [3.8, 4) is 0 Å². The molecule has 0 spiro atoms. The lowest BCUT2D eigenvalue weighted by atomic mass is 10.0. The fraction of sp³-hybridized carbons (Fsp3) is 0.462. The normalized spacial score (nSPS) is 13.2. The molecule has 0 saturated carbocycles. The van der Waals surface area contributed by atoms with E-state index in [-0.39, 0.29) is 11.6 Å².